The second kappa shape index (κ2) is 12.8. The minimum atomic E-state index is -0.134. The van der Waals surface area contributed by atoms with Gasteiger partial charge in [-0.25, -0.2) is 9.97 Å². The average molecular weight is 549 g/mol. The number of benzene rings is 4. The monoisotopic (exact) mass is 548 g/mol. The molecule has 0 radical (unpaired) electrons. The molecule has 0 fully saturated rings. The number of carbonyl (C=O) groups is 1. The molecule has 1 heterocycles. The lowest BCUT2D eigenvalue weighted by Crippen LogP contribution is -2.30. The highest BCUT2D eigenvalue weighted by Crippen LogP contribution is 2.32. The van der Waals surface area contributed by atoms with Gasteiger partial charge in [-0.3, -0.25) is 4.79 Å². The first kappa shape index (κ1) is 27.4. The van der Waals surface area contributed by atoms with Gasteiger partial charge in [0.05, 0.1) is 31.8 Å². The third kappa shape index (κ3) is 7.09. The maximum atomic E-state index is 12.7. The van der Waals surface area contributed by atoms with Crippen LogP contribution >= 0.6 is 0 Å². The number of hydrogen-bond donors (Lipinski definition) is 4. The van der Waals surface area contributed by atoms with Crippen molar-refractivity contribution in [3.63, 3.8) is 0 Å². The zero-order valence-electron chi connectivity index (χ0n) is 23.1. The summed E-state index contributed by atoms with van der Waals surface area (Å²) < 4.78 is 10.8. The molecule has 1 atom stereocenters. The van der Waals surface area contributed by atoms with Gasteiger partial charge in [0.2, 0.25) is 5.91 Å². The predicted molar refractivity (Wildman–Crippen MR) is 164 cm³/mol. The van der Waals surface area contributed by atoms with Gasteiger partial charge in [0.15, 0.2) is 11.6 Å². The van der Waals surface area contributed by atoms with Crippen LogP contribution in [0.25, 0.3) is 11.0 Å². The SMILES string of the molecule is COc1cc(Nc2nc3ccccc3nc2Nc2cccc(NC(=O)CNC(C)c3ccccc3)c2)cc(OC)c1. The minimum Gasteiger partial charge on any atom is -0.497 e. The maximum Gasteiger partial charge on any atom is 0.238 e. The molecule has 1 unspecified atom stereocenters. The molecule has 4 N–H and O–H groups in total. The minimum absolute atomic E-state index is 0.0527. The van der Waals surface area contributed by atoms with Crippen LogP contribution in [0.1, 0.15) is 18.5 Å². The van der Waals surface area contributed by atoms with Crippen molar-refractivity contribution in [1.82, 2.24) is 15.3 Å². The fraction of sp³-hybridized carbons (Fsp3) is 0.156. The second-order valence-electron chi connectivity index (χ2n) is 9.40. The molecule has 9 heteroatoms. The number of fused-ring (bicyclic) bond motifs is 1. The number of carbonyl (C=O) groups excluding carboxylic acids is 1. The first-order chi connectivity index (χ1) is 20.0. The summed E-state index contributed by atoms with van der Waals surface area (Å²) in [5.74, 6) is 2.20. The molecule has 0 aliphatic rings. The number of rotatable bonds is 11. The number of ether oxygens (including phenoxy) is 2. The Morgan fingerprint density at radius 3 is 1.93 bits per heavy atom. The summed E-state index contributed by atoms with van der Waals surface area (Å²) >= 11 is 0. The summed E-state index contributed by atoms with van der Waals surface area (Å²) in [6, 6.07) is 30.7. The van der Waals surface area contributed by atoms with Crippen molar-refractivity contribution in [3.8, 4) is 11.5 Å². The summed E-state index contributed by atoms with van der Waals surface area (Å²) in [5, 5.41) is 12.9. The number of para-hydroxylation sites is 2. The standard InChI is InChI=1S/C32H32N6O3/c1-21(22-10-5-4-6-11-22)33-20-30(39)34-23-12-9-13-24(16-23)35-31-32(38-29-15-8-7-14-28(29)37-31)36-25-17-26(40-2)19-27(18-25)41-3/h4-19,21,33H,20H2,1-3H3,(H,34,39)(H,35,37)(H,36,38). The van der Waals surface area contributed by atoms with Crippen LogP contribution in [-0.4, -0.2) is 36.6 Å². The molecule has 41 heavy (non-hydrogen) atoms. The molecule has 5 aromatic rings. The van der Waals surface area contributed by atoms with Gasteiger partial charge in [0.25, 0.3) is 0 Å². The van der Waals surface area contributed by atoms with Crippen LogP contribution in [0.15, 0.2) is 97.1 Å². The normalized spacial score (nSPS) is 11.5. The van der Waals surface area contributed by atoms with Crippen LogP contribution in [0, 0.1) is 0 Å². The van der Waals surface area contributed by atoms with E-state index in [1.807, 2.05) is 97.9 Å². The van der Waals surface area contributed by atoms with E-state index in [1.165, 1.54) is 0 Å². The summed E-state index contributed by atoms with van der Waals surface area (Å²) in [4.78, 5) is 22.3. The van der Waals surface area contributed by atoms with E-state index in [9.17, 15) is 4.79 Å². The van der Waals surface area contributed by atoms with Gasteiger partial charge < -0.3 is 30.7 Å². The topological polar surface area (TPSA) is 109 Å². The van der Waals surface area contributed by atoms with E-state index in [0.29, 0.717) is 28.8 Å². The largest absolute Gasteiger partial charge is 0.497 e. The molecular weight excluding hydrogens is 516 g/mol. The van der Waals surface area contributed by atoms with Crippen molar-refractivity contribution in [2.75, 3.05) is 36.7 Å². The first-order valence-electron chi connectivity index (χ1n) is 13.2. The van der Waals surface area contributed by atoms with E-state index in [2.05, 4.69) is 21.3 Å². The van der Waals surface area contributed by atoms with Crippen molar-refractivity contribution >= 4 is 45.6 Å². The Morgan fingerprint density at radius 2 is 1.29 bits per heavy atom. The summed E-state index contributed by atoms with van der Waals surface area (Å²) in [5.41, 5.74) is 4.74. The van der Waals surface area contributed by atoms with Crippen molar-refractivity contribution < 1.29 is 14.3 Å². The van der Waals surface area contributed by atoms with Crippen molar-refractivity contribution in [1.29, 1.82) is 0 Å². The molecule has 0 spiro atoms. The number of anilines is 5. The zero-order valence-corrected chi connectivity index (χ0v) is 23.1. The molecule has 208 valence electrons. The van der Waals surface area contributed by atoms with Gasteiger partial charge in [-0.05, 0) is 42.8 Å². The maximum absolute atomic E-state index is 12.7. The quantitative estimate of drug-likeness (QED) is 0.150. The van der Waals surface area contributed by atoms with E-state index < -0.39 is 0 Å². The molecule has 5 rings (SSSR count). The molecule has 0 saturated heterocycles. The highest BCUT2D eigenvalue weighted by Gasteiger charge is 2.13. The van der Waals surface area contributed by atoms with Crippen LogP contribution in [0.3, 0.4) is 0 Å². The fourth-order valence-electron chi connectivity index (χ4n) is 4.31. The molecule has 0 saturated carbocycles. The van der Waals surface area contributed by atoms with Gasteiger partial charge in [-0.15, -0.1) is 0 Å². The highest BCUT2D eigenvalue weighted by atomic mass is 16.5. The molecular formula is C32H32N6O3. The second-order valence-corrected chi connectivity index (χ2v) is 9.40. The van der Waals surface area contributed by atoms with Crippen LogP contribution in [0.5, 0.6) is 11.5 Å². The average Bonchev–Trinajstić information content (AvgIpc) is 3.00. The van der Waals surface area contributed by atoms with Crippen LogP contribution < -0.4 is 30.7 Å². The lowest BCUT2D eigenvalue weighted by molar-refractivity contribution is -0.115. The number of hydrogen-bond acceptors (Lipinski definition) is 8. The van der Waals surface area contributed by atoms with Gasteiger partial charge in [-0.2, -0.15) is 0 Å². The molecule has 4 aromatic carbocycles. The molecule has 1 amide bonds. The number of amides is 1. The van der Waals surface area contributed by atoms with Crippen LogP contribution in [0.2, 0.25) is 0 Å². The fourth-order valence-corrected chi connectivity index (χ4v) is 4.31. The highest BCUT2D eigenvalue weighted by molar-refractivity contribution is 5.93. The Balaban J connectivity index is 1.34. The smallest absolute Gasteiger partial charge is 0.238 e. The lowest BCUT2D eigenvalue weighted by atomic mass is 10.1. The third-order valence-corrected chi connectivity index (χ3v) is 6.46. The van der Waals surface area contributed by atoms with Gasteiger partial charge >= 0.3 is 0 Å². The van der Waals surface area contributed by atoms with Gasteiger partial charge in [0, 0.05) is 41.3 Å². The molecule has 9 nitrogen and oxygen atoms in total. The Bertz CT molecular complexity index is 1620. The summed E-state index contributed by atoms with van der Waals surface area (Å²) in [6.45, 7) is 2.22. The van der Waals surface area contributed by atoms with Crippen LogP contribution in [-0.2, 0) is 4.79 Å². The number of nitrogens with one attached hydrogen (secondary N) is 4. The Morgan fingerprint density at radius 1 is 0.707 bits per heavy atom. The van der Waals surface area contributed by atoms with E-state index in [0.717, 1.165) is 28.0 Å². The lowest BCUT2D eigenvalue weighted by Gasteiger charge is -2.16. The predicted octanol–water partition coefficient (Wildman–Crippen LogP) is 6.42. The summed E-state index contributed by atoms with van der Waals surface area (Å²) in [7, 11) is 3.21. The zero-order chi connectivity index (χ0) is 28.6. The number of nitrogens with zero attached hydrogens (tertiary/aromatic N) is 2. The molecule has 0 aliphatic carbocycles. The van der Waals surface area contributed by atoms with E-state index in [4.69, 9.17) is 19.4 Å². The molecule has 1 aromatic heterocycles. The summed E-state index contributed by atoms with van der Waals surface area (Å²) in [6.07, 6.45) is 0. The number of aromatic nitrogens is 2. The first-order valence-corrected chi connectivity index (χ1v) is 13.2. The van der Waals surface area contributed by atoms with Crippen molar-refractivity contribution in [3.05, 3.63) is 103 Å². The molecule has 0 aliphatic heterocycles. The van der Waals surface area contributed by atoms with E-state index in [-0.39, 0.29) is 18.5 Å². The van der Waals surface area contributed by atoms with Crippen LogP contribution in [0.4, 0.5) is 28.7 Å². The van der Waals surface area contributed by atoms with Gasteiger partial charge in [0.1, 0.15) is 11.5 Å². The van der Waals surface area contributed by atoms with Gasteiger partial charge in [-0.1, -0.05) is 48.5 Å². The van der Waals surface area contributed by atoms with E-state index >= 15 is 0 Å². The van der Waals surface area contributed by atoms with Crippen molar-refractivity contribution in [2.24, 2.45) is 0 Å². The Labute approximate surface area is 239 Å². The Kier molecular flexibility index (Phi) is 8.56. The Hall–Kier alpha value is -5.15. The van der Waals surface area contributed by atoms with E-state index in [1.54, 1.807) is 20.3 Å². The van der Waals surface area contributed by atoms with Crippen molar-refractivity contribution in [2.45, 2.75) is 13.0 Å². The number of methoxy groups -OCH3 is 2. The molecule has 0 bridgehead atoms. The third-order valence-electron chi connectivity index (χ3n) is 6.46.